The lowest BCUT2D eigenvalue weighted by molar-refractivity contribution is 0.349. The SMILES string of the molecule is CC(CCC(N)P(=O)(O)O)C1CN1. The van der Waals surface area contributed by atoms with E-state index >= 15 is 0 Å². The molecular weight excluding hydrogens is 191 g/mol. The highest BCUT2D eigenvalue weighted by Crippen LogP contribution is 2.40. The summed E-state index contributed by atoms with van der Waals surface area (Å²) in [5, 5.41) is 3.16. The van der Waals surface area contributed by atoms with Crippen molar-refractivity contribution in [1.82, 2.24) is 5.32 Å². The summed E-state index contributed by atoms with van der Waals surface area (Å²) in [5.41, 5.74) is 5.34. The molecule has 0 aliphatic carbocycles. The standard InChI is InChI=1S/C7H17N2O3P/c1-5(6-4-9-6)2-3-7(8)13(10,11)12/h5-7,9H,2-4,8H2,1H3,(H2,10,11,12). The predicted octanol–water partition coefficient (Wildman–Crippen LogP) is -0.163. The molecule has 1 aliphatic heterocycles. The van der Waals surface area contributed by atoms with Crippen LogP contribution >= 0.6 is 7.60 Å². The van der Waals surface area contributed by atoms with Gasteiger partial charge in [-0.05, 0) is 18.8 Å². The van der Waals surface area contributed by atoms with E-state index in [1.54, 1.807) is 0 Å². The molecule has 78 valence electrons. The highest BCUT2D eigenvalue weighted by atomic mass is 31.2. The van der Waals surface area contributed by atoms with E-state index in [0.29, 0.717) is 18.4 Å². The fourth-order valence-corrected chi connectivity index (χ4v) is 1.76. The number of nitrogens with two attached hydrogens (primary N) is 1. The van der Waals surface area contributed by atoms with Gasteiger partial charge in [0.05, 0.1) is 0 Å². The average Bonchev–Trinajstić information content (AvgIpc) is 2.79. The van der Waals surface area contributed by atoms with E-state index in [4.69, 9.17) is 15.5 Å². The van der Waals surface area contributed by atoms with Gasteiger partial charge < -0.3 is 20.8 Å². The minimum atomic E-state index is -4.07. The fraction of sp³-hybridized carbons (Fsp3) is 1.00. The smallest absolute Gasteiger partial charge is 0.323 e. The van der Waals surface area contributed by atoms with Crippen LogP contribution in [-0.4, -0.2) is 28.2 Å². The second-order valence-corrected chi connectivity index (χ2v) is 5.57. The van der Waals surface area contributed by atoms with Gasteiger partial charge in [0.2, 0.25) is 0 Å². The lowest BCUT2D eigenvalue weighted by Gasteiger charge is -2.15. The molecule has 5 N–H and O–H groups in total. The van der Waals surface area contributed by atoms with Crippen LogP contribution < -0.4 is 11.1 Å². The first-order valence-corrected chi connectivity index (χ1v) is 6.13. The number of hydrogen-bond acceptors (Lipinski definition) is 3. The van der Waals surface area contributed by atoms with E-state index < -0.39 is 13.4 Å². The molecule has 5 nitrogen and oxygen atoms in total. The average molecular weight is 208 g/mol. The lowest BCUT2D eigenvalue weighted by Crippen LogP contribution is -2.21. The van der Waals surface area contributed by atoms with Crippen LogP contribution in [0, 0.1) is 5.92 Å². The van der Waals surface area contributed by atoms with Crippen LogP contribution in [0.5, 0.6) is 0 Å². The summed E-state index contributed by atoms with van der Waals surface area (Å²) < 4.78 is 10.7. The Bertz CT molecular complexity index is 214. The van der Waals surface area contributed by atoms with Gasteiger partial charge >= 0.3 is 7.60 Å². The predicted molar refractivity (Wildman–Crippen MR) is 50.2 cm³/mol. The van der Waals surface area contributed by atoms with Gasteiger partial charge in [-0.15, -0.1) is 0 Å². The Morgan fingerprint density at radius 3 is 2.54 bits per heavy atom. The molecule has 3 unspecified atom stereocenters. The van der Waals surface area contributed by atoms with Crippen LogP contribution in [0.15, 0.2) is 0 Å². The van der Waals surface area contributed by atoms with Crippen molar-refractivity contribution < 1.29 is 14.4 Å². The van der Waals surface area contributed by atoms with Crippen LogP contribution in [0.3, 0.4) is 0 Å². The van der Waals surface area contributed by atoms with Crippen molar-refractivity contribution in [2.75, 3.05) is 6.54 Å². The second kappa shape index (κ2) is 4.07. The molecule has 0 aromatic carbocycles. The van der Waals surface area contributed by atoms with Crippen LogP contribution in [0.4, 0.5) is 0 Å². The molecule has 0 spiro atoms. The zero-order chi connectivity index (χ0) is 10.1. The van der Waals surface area contributed by atoms with Crippen molar-refractivity contribution in [3.63, 3.8) is 0 Å². The van der Waals surface area contributed by atoms with Crippen LogP contribution in [0.25, 0.3) is 0 Å². The van der Waals surface area contributed by atoms with Gasteiger partial charge in [0.1, 0.15) is 5.78 Å². The first kappa shape index (κ1) is 11.1. The zero-order valence-corrected chi connectivity index (χ0v) is 8.58. The number of hydrogen-bond donors (Lipinski definition) is 4. The summed E-state index contributed by atoms with van der Waals surface area (Å²) in [7, 11) is -4.07. The molecule has 0 radical (unpaired) electrons. The molecular formula is C7H17N2O3P. The molecule has 1 fully saturated rings. The third-order valence-electron chi connectivity index (χ3n) is 2.48. The third-order valence-corrected chi connectivity index (χ3v) is 3.60. The Hall–Kier alpha value is 0.0700. The Morgan fingerprint density at radius 2 is 2.15 bits per heavy atom. The Kier molecular flexibility index (Phi) is 3.49. The summed E-state index contributed by atoms with van der Waals surface area (Å²) in [6.45, 7) is 3.09. The lowest BCUT2D eigenvalue weighted by atomic mass is 10.0. The number of rotatable bonds is 5. The third kappa shape index (κ3) is 3.75. The van der Waals surface area contributed by atoms with E-state index in [1.807, 2.05) is 0 Å². The maximum atomic E-state index is 10.7. The molecule has 0 amide bonds. The molecule has 0 bridgehead atoms. The molecule has 3 atom stereocenters. The molecule has 1 aliphatic rings. The Labute approximate surface area is 77.9 Å². The van der Waals surface area contributed by atoms with Crippen LogP contribution in [0.1, 0.15) is 19.8 Å². The molecule has 1 saturated heterocycles. The van der Waals surface area contributed by atoms with Gasteiger partial charge in [-0.2, -0.15) is 0 Å². The molecule has 1 rings (SSSR count). The Balaban J connectivity index is 2.21. The van der Waals surface area contributed by atoms with Gasteiger partial charge in [0.25, 0.3) is 0 Å². The molecule has 13 heavy (non-hydrogen) atoms. The molecule has 1 heterocycles. The largest absolute Gasteiger partial charge is 0.342 e. The maximum Gasteiger partial charge on any atom is 0.342 e. The summed E-state index contributed by atoms with van der Waals surface area (Å²) in [6, 6.07) is 0.531. The van der Waals surface area contributed by atoms with Crippen molar-refractivity contribution in [2.45, 2.75) is 31.6 Å². The molecule has 0 saturated carbocycles. The van der Waals surface area contributed by atoms with E-state index in [-0.39, 0.29) is 0 Å². The summed E-state index contributed by atoms with van der Waals surface area (Å²) in [5.74, 6) is -0.536. The van der Waals surface area contributed by atoms with Gasteiger partial charge in [0.15, 0.2) is 0 Å². The van der Waals surface area contributed by atoms with Gasteiger partial charge in [-0.3, -0.25) is 4.57 Å². The number of nitrogens with one attached hydrogen (secondary N) is 1. The molecule has 0 aromatic heterocycles. The van der Waals surface area contributed by atoms with Crippen molar-refractivity contribution in [1.29, 1.82) is 0 Å². The van der Waals surface area contributed by atoms with E-state index in [9.17, 15) is 4.57 Å². The monoisotopic (exact) mass is 208 g/mol. The van der Waals surface area contributed by atoms with Crippen molar-refractivity contribution in [2.24, 2.45) is 11.7 Å². The fourth-order valence-electron chi connectivity index (χ4n) is 1.27. The summed E-state index contributed by atoms with van der Waals surface area (Å²) in [6.07, 6.45) is 1.16. The topological polar surface area (TPSA) is 105 Å². The van der Waals surface area contributed by atoms with Gasteiger partial charge in [0, 0.05) is 12.6 Å². The highest BCUT2D eigenvalue weighted by Gasteiger charge is 2.29. The minimum absolute atomic E-state index is 0.392. The van der Waals surface area contributed by atoms with Gasteiger partial charge in [-0.25, -0.2) is 0 Å². The molecule has 6 heteroatoms. The quantitative estimate of drug-likeness (QED) is 0.371. The summed E-state index contributed by atoms with van der Waals surface area (Å²) >= 11 is 0. The Morgan fingerprint density at radius 1 is 1.62 bits per heavy atom. The van der Waals surface area contributed by atoms with Crippen molar-refractivity contribution >= 4 is 7.60 Å². The van der Waals surface area contributed by atoms with Crippen molar-refractivity contribution in [3.05, 3.63) is 0 Å². The van der Waals surface area contributed by atoms with Crippen LogP contribution in [0.2, 0.25) is 0 Å². The minimum Gasteiger partial charge on any atom is -0.323 e. The van der Waals surface area contributed by atoms with E-state index in [0.717, 1.165) is 13.0 Å². The zero-order valence-electron chi connectivity index (χ0n) is 7.68. The highest BCUT2D eigenvalue weighted by molar-refractivity contribution is 7.52. The summed E-state index contributed by atoms with van der Waals surface area (Å²) in [4.78, 5) is 17.4. The second-order valence-electron chi connectivity index (χ2n) is 3.73. The van der Waals surface area contributed by atoms with Gasteiger partial charge in [-0.1, -0.05) is 6.92 Å². The first-order chi connectivity index (χ1) is 5.91. The van der Waals surface area contributed by atoms with E-state index in [2.05, 4.69) is 12.2 Å². The molecule has 0 aromatic rings. The first-order valence-electron chi connectivity index (χ1n) is 4.45. The maximum absolute atomic E-state index is 10.7. The normalized spacial score (nSPS) is 26.9. The van der Waals surface area contributed by atoms with E-state index in [1.165, 1.54) is 0 Å². The van der Waals surface area contributed by atoms with Crippen molar-refractivity contribution in [3.8, 4) is 0 Å². The van der Waals surface area contributed by atoms with Crippen LogP contribution in [-0.2, 0) is 4.57 Å².